The first-order valence-electron chi connectivity index (χ1n) is 9.72. The Morgan fingerprint density at radius 3 is 2.18 bits per heavy atom. The molecule has 0 spiro atoms. The highest BCUT2D eigenvalue weighted by Crippen LogP contribution is 2.38. The first-order valence-corrected chi connectivity index (χ1v) is 11.2. The van der Waals surface area contributed by atoms with Crippen molar-refractivity contribution in [2.45, 2.75) is 30.6 Å². The van der Waals surface area contributed by atoms with Gasteiger partial charge >= 0.3 is 27.5 Å². The number of carbonyl (C=O) groups excluding carboxylic acids is 1. The Balaban J connectivity index is 2.44. The third-order valence-electron chi connectivity index (χ3n) is 4.81. The maximum absolute atomic E-state index is 13.8. The van der Waals surface area contributed by atoms with Crippen molar-refractivity contribution < 1.29 is 48.9 Å². The number of ether oxygens (including phenoxy) is 1. The summed E-state index contributed by atoms with van der Waals surface area (Å²) in [6, 6.07) is 13.0. The number of alkyl halides is 5. The summed E-state index contributed by atoms with van der Waals surface area (Å²) in [4.78, 5) is 12.6. The average Bonchev–Trinajstić information content (AvgIpc) is 2.70. The molecule has 2 aromatic rings. The van der Waals surface area contributed by atoms with Crippen LogP contribution in [0.1, 0.15) is 27.0 Å². The summed E-state index contributed by atoms with van der Waals surface area (Å²) in [7, 11) is -2.97. The van der Waals surface area contributed by atoms with E-state index in [1.807, 2.05) is 30.3 Å². The van der Waals surface area contributed by atoms with Gasteiger partial charge in [-0.2, -0.15) is 30.4 Å². The average molecular weight is 508 g/mol. The van der Waals surface area contributed by atoms with Gasteiger partial charge in [0.1, 0.15) is 13.1 Å². The van der Waals surface area contributed by atoms with Gasteiger partial charge in [0.2, 0.25) is 0 Å². The molecule has 2 rings (SSSR count). The molecule has 2 aromatic carbocycles. The quantitative estimate of drug-likeness (QED) is 0.230. The second-order valence-corrected chi connectivity index (χ2v) is 9.72. The van der Waals surface area contributed by atoms with Crippen LogP contribution in [0.15, 0.2) is 55.1 Å². The number of esters is 1. The van der Waals surface area contributed by atoms with Gasteiger partial charge in [0.15, 0.2) is 0 Å². The van der Waals surface area contributed by atoms with E-state index in [0.29, 0.717) is 12.1 Å². The fraction of sp³-hybridized carbons (Fsp3) is 0.318. The summed E-state index contributed by atoms with van der Waals surface area (Å²) in [5.74, 6) is -1.82. The SMILES string of the molecule is C=Cc1ccc(C(=O)OC(C(F)(F)F)C(F)(F)S(=O)(=O)O)c(C[N+](C)(C)Cc2ccccc2)c1. The fourth-order valence-electron chi connectivity index (χ4n) is 3.30. The highest BCUT2D eigenvalue weighted by Gasteiger charge is 2.66. The number of rotatable bonds is 9. The van der Waals surface area contributed by atoms with Crippen LogP contribution >= 0.6 is 0 Å². The van der Waals surface area contributed by atoms with Crippen molar-refractivity contribution in [3.8, 4) is 0 Å². The lowest BCUT2D eigenvalue weighted by Crippen LogP contribution is -2.52. The van der Waals surface area contributed by atoms with Gasteiger partial charge < -0.3 is 9.22 Å². The molecule has 0 radical (unpaired) electrons. The van der Waals surface area contributed by atoms with Gasteiger partial charge in [-0.3, -0.25) is 4.55 Å². The summed E-state index contributed by atoms with van der Waals surface area (Å²) in [5.41, 5.74) is 1.13. The minimum Gasteiger partial charge on any atom is -0.441 e. The van der Waals surface area contributed by atoms with Gasteiger partial charge in [0.25, 0.3) is 6.10 Å². The molecule has 0 saturated carbocycles. The standard InChI is InChI=1S/C22H22F5NO5S/c1-4-15-10-11-18(17(12-15)14-28(2,3)13-16-8-6-5-7-9-16)19(29)33-20(21(23,24)25)22(26,27)34(30,31)32/h4-12,20H,1,13-14H2,2-3H3/p+1. The van der Waals surface area contributed by atoms with E-state index in [9.17, 15) is 35.2 Å². The minimum absolute atomic E-state index is 0.0758. The van der Waals surface area contributed by atoms with Crippen LogP contribution in [0, 0.1) is 0 Å². The summed E-state index contributed by atoms with van der Waals surface area (Å²) >= 11 is 0. The number of halogens is 5. The van der Waals surface area contributed by atoms with Gasteiger partial charge in [-0.1, -0.05) is 49.1 Å². The van der Waals surface area contributed by atoms with Crippen LogP contribution < -0.4 is 0 Å². The Morgan fingerprint density at radius 2 is 1.68 bits per heavy atom. The third-order valence-corrected chi connectivity index (χ3v) is 5.71. The predicted octanol–water partition coefficient (Wildman–Crippen LogP) is 4.67. The molecule has 1 unspecified atom stereocenters. The molecule has 0 fully saturated rings. The van der Waals surface area contributed by atoms with Crippen molar-refractivity contribution in [1.29, 1.82) is 0 Å². The summed E-state index contributed by atoms with van der Waals surface area (Å²) in [6.07, 6.45) is -8.99. The molecule has 0 amide bonds. The van der Waals surface area contributed by atoms with E-state index < -0.39 is 39.2 Å². The number of quaternary nitrogens is 1. The fourth-order valence-corrected chi connectivity index (χ4v) is 3.75. The van der Waals surface area contributed by atoms with E-state index >= 15 is 0 Å². The second-order valence-electron chi connectivity index (χ2n) is 8.22. The molecule has 0 saturated heterocycles. The number of hydrogen-bond donors (Lipinski definition) is 1. The van der Waals surface area contributed by atoms with Crippen molar-refractivity contribution in [2.24, 2.45) is 0 Å². The van der Waals surface area contributed by atoms with E-state index in [0.717, 1.165) is 11.6 Å². The van der Waals surface area contributed by atoms with Crippen molar-refractivity contribution >= 4 is 22.2 Å². The Hall–Kier alpha value is -2.83. The van der Waals surface area contributed by atoms with Crippen molar-refractivity contribution in [1.82, 2.24) is 0 Å². The molecule has 0 aliphatic carbocycles. The largest absolute Gasteiger partial charge is 0.441 e. The Morgan fingerprint density at radius 1 is 1.09 bits per heavy atom. The Kier molecular flexibility index (Phi) is 7.91. The zero-order valence-corrected chi connectivity index (χ0v) is 19.0. The Bertz CT molecular complexity index is 1150. The number of carbonyl (C=O) groups is 1. The molecule has 0 heterocycles. The van der Waals surface area contributed by atoms with E-state index in [1.54, 1.807) is 14.1 Å². The molecule has 0 aromatic heterocycles. The monoisotopic (exact) mass is 508 g/mol. The first kappa shape index (κ1) is 27.4. The van der Waals surface area contributed by atoms with Crippen molar-refractivity contribution in [3.63, 3.8) is 0 Å². The summed E-state index contributed by atoms with van der Waals surface area (Å²) < 4.78 is 102. The minimum atomic E-state index is -6.54. The van der Waals surface area contributed by atoms with E-state index in [-0.39, 0.29) is 16.6 Å². The van der Waals surface area contributed by atoms with Gasteiger partial charge in [-0.05, 0) is 17.7 Å². The van der Waals surface area contributed by atoms with Gasteiger partial charge in [0.05, 0.1) is 19.7 Å². The van der Waals surface area contributed by atoms with Gasteiger partial charge in [-0.15, -0.1) is 0 Å². The topological polar surface area (TPSA) is 80.7 Å². The summed E-state index contributed by atoms with van der Waals surface area (Å²) in [5, 5.41) is -5.81. The van der Waals surface area contributed by atoms with Gasteiger partial charge in [-0.25, -0.2) is 4.79 Å². The molecule has 6 nitrogen and oxygen atoms in total. The molecule has 34 heavy (non-hydrogen) atoms. The molecule has 1 atom stereocenters. The lowest BCUT2D eigenvalue weighted by atomic mass is 10.0. The zero-order valence-electron chi connectivity index (χ0n) is 18.2. The van der Waals surface area contributed by atoms with Crippen LogP contribution in [0.2, 0.25) is 0 Å². The second kappa shape index (κ2) is 9.80. The molecule has 12 heteroatoms. The number of nitrogens with zero attached hydrogens (tertiary/aromatic N) is 1. The maximum atomic E-state index is 13.8. The first-order chi connectivity index (χ1) is 15.5. The highest BCUT2D eigenvalue weighted by atomic mass is 32.2. The molecular weight excluding hydrogens is 485 g/mol. The van der Waals surface area contributed by atoms with Crippen LogP contribution in [-0.4, -0.2) is 55.1 Å². The molecule has 1 N–H and O–H groups in total. The third kappa shape index (κ3) is 6.61. The zero-order chi connectivity index (χ0) is 25.9. The van der Waals surface area contributed by atoms with E-state index in [1.165, 1.54) is 18.2 Å². The van der Waals surface area contributed by atoms with Crippen LogP contribution in [0.5, 0.6) is 0 Å². The van der Waals surface area contributed by atoms with Crippen LogP contribution in [0.25, 0.3) is 6.08 Å². The van der Waals surface area contributed by atoms with E-state index in [4.69, 9.17) is 4.55 Å². The van der Waals surface area contributed by atoms with Crippen LogP contribution in [0.3, 0.4) is 0 Å². The lowest BCUT2D eigenvalue weighted by molar-refractivity contribution is -0.916. The highest BCUT2D eigenvalue weighted by molar-refractivity contribution is 7.86. The number of benzene rings is 2. The predicted molar refractivity (Wildman–Crippen MR) is 114 cm³/mol. The maximum Gasteiger partial charge on any atom is 0.432 e. The van der Waals surface area contributed by atoms with Crippen LogP contribution in [-0.2, 0) is 27.9 Å². The normalized spacial score (nSPS) is 13.9. The number of hydrogen-bond acceptors (Lipinski definition) is 4. The molecule has 186 valence electrons. The van der Waals surface area contributed by atoms with Gasteiger partial charge in [0, 0.05) is 11.1 Å². The molecular formula is C22H23F5NO5S+. The lowest BCUT2D eigenvalue weighted by Gasteiger charge is -2.31. The Labute approximate surface area is 193 Å². The van der Waals surface area contributed by atoms with Crippen LogP contribution in [0.4, 0.5) is 22.0 Å². The summed E-state index contributed by atoms with van der Waals surface area (Å²) in [6.45, 7) is 4.12. The molecule has 0 aliphatic rings. The van der Waals surface area contributed by atoms with E-state index in [2.05, 4.69) is 11.3 Å². The van der Waals surface area contributed by atoms with Crippen molar-refractivity contribution in [2.75, 3.05) is 14.1 Å². The smallest absolute Gasteiger partial charge is 0.432 e. The molecule has 0 aliphatic heterocycles. The molecule has 0 bridgehead atoms. The van der Waals surface area contributed by atoms with Crippen molar-refractivity contribution in [3.05, 3.63) is 77.4 Å².